The predicted octanol–water partition coefficient (Wildman–Crippen LogP) is 5.38. The highest BCUT2D eigenvalue weighted by Gasteiger charge is 2.31. The molecule has 13 heteroatoms. The van der Waals surface area contributed by atoms with E-state index < -0.39 is 46.1 Å². The average molecular weight is 613 g/mol. The average Bonchev–Trinajstić information content (AvgIpc) is 3.60. The highest BCUT2D eigenvalue weighted by Crippen LogP contribution is 2.40. The minimum Gasteiger partial charge on any atom is -0.497 e. The maximum Gasteiger partial charge on any atom is 0.347 e. The Kier molecular flexibility index (Phi) is 6.92. The lowest BCUT2D eigenvalue weighted by molar-refractivity contribution is 0.0386. The zero-order valence-electron chi connectivity index (χ0n) is 24.2. The monoisotopic (exact) mass is 612 g/mol. The molecule has 4 aromatic carbocycles. The van der Waals surface area contributed by atoms with Crippen molar-refractivity contribution in [3.05, 3.63) is 70.8 Å². The maximum atomic E-state index is 13.6. The molecule has 2 aromatic heterocycles. The highest BCUT2D eigenvalue weighted by molar-refractivity contribution is 6.25. The molecule has 6 aromatic rings. The number of carbonyl (C=O) groups excluding carboxylic acids is 2. The number of hydrogen-bond acceptors (Lipinski definition) is 9. The van der Waals surface area contributed by atoms with E-state index in [0.717, 1.165) is 12.1 Å². The molecule has 2 heterocycles. The van der Waals surface area contributed by atoms with Crippen LogP contribution in [0.5, 0.6) is 23.0 Å². The van der Waals surface area contributed by atoms with Gasteiger partial charge in [0.05, 0.1) is 61.7 Å². The van der Waals surface area contributed by atoms with Crippen LogP contribution >= 0.6 is 0 Å². The third-order valence-electron chi connectivity index (χ3n) is 7.59. The fraction of sp³-hybridized carbons (Fsp3) is 0.125. The van der Waals surface area contributed by atoms with Crippen molar-refractivity contribution in [3.8, 4) is 23.0 Å². The third-order valence-corrected chi connectivity index (χ3v) is 7.59. The summed E-state index contributed by atoms with van der Waals surface area (Å²) in [7, 11) is 5.57. The van der Waals surface area contributed by atoms with Gasteiger partial charge in [0.2, 0.25) is 0 Å². The summed E-state index contributed by atoms with van der Waals surface area (Å²) in [5.74, 6) is -4.57. The Labute approximate surface area is 252 Å². The number of carbonyl (C=O) groups is 4. The van der Waals surface area contributed by atoms with Gasteiger partial charge in [-0.2, -0.15) is 0 Å². The number of carboxylic acid groups (broad SMARTS) is 2. The molecule has 0 bridgehead atoms. The van der Waals surface area contributed by atoms with Gasteiger partial charge in [0.15, 0.2) is 0 Å². The molecule has 0 saturated heterocycles. The molecule has 0 aliphatic rings. The molecule has 0 saturated carbocycles. The molecule has 0 amide bonds. The van der Waals surface area contributed by atoms with Crippen molar-refractivity contribution >= 4 is 67.5 Å². The van der Waals surface area contributed by atoms with Crippen LogP contribution in [-0.4, -0.2) is 72.5 Å². The van der Waals surface area contributed by atoms with Crippen molar-refractivity contribution in [2.45, 2.75) is 0 Å². The first kappa shape index (κ1) is 28.9. The van der Waals surface area contributed by atoms with E-state index >= 15 is 0 Å². The number of nitrogens with one attached hydrogen (secondary N) is 2. The molecule has 0 unspecified atom stereocenters. The van der Waals surface area contributed by atoms with E-state index in [1.807, 2.05) is 0 Å². The van der Waals surface area contributed by atoms with Gasteiger partial charge in [-0.15, -0.1) is 0 Å². The van der Waals surface area contributed by atoms with Gasteiger partial charge in [-0.25, -0.2) is 19.2 Å². The summed E-state index contributed by atoms with van der Waals surface area (Å²) < 4.78 is 26.7. The molecule has 13 nitrogen and oxygen atoms in total. The number of methoxy groups -OCH3 is 4. The van der Waals surface area contributed by atoms with E-state index in [0.29, 0.717) is 44.3 Å². The van der Waals surface area contributed by atoms with Crippen LogP contribution in [-0.2, 0) is 4.74 Å². The second kappa shape index (κ2) is 10.8. The summed E-state index contributed by atoms with van der Waals surface area (Å²) in [5.41, 5.74) is -0.253. The van der Waals surface area contributed by atoms with Crippen molar-refractivity contribution < 1.29 is 53.1 Å². The molecule has 0 atom stereocenters. The summed E-state index contributed by atoms with van der Waals surface area (Å²) in [6.07, 6.45) is 0. The lowest BCUT2D eigenvalue weighted by Gasteiger charge is -2.13. The Morgan fingerprint density at radius 1 is 0.578 bits per heavy atom. The summed E-state index contributed by atoms with van der Waals surface area (Å²) >= 11 is 0. The molecule has 0 aliphatic carbocycles. The minimum absolute atomic E-state index is 0.103. The van der Waals surface area contributed by atoms with Crippen LogP contribution in [0.1, 0.15) is 41.4 Å². The maximum absolute atomic E-state index is 13.6. The number of benzene rings is 4. The second-order valence-electron chi connectivity index (χ2n) is 9.86. The first-order valence-corrected chi connectivity index (χ1v) is 13.3. The Balaban J connectivity index is 1.53. The molecule has 0 spiro atoms. The second-order valence-corrected chi connectivity index (χ2v) is 9.86. The zero-order valence-corrected chi connectivity index (χ0v) is 24.2. The van der Waals surface area contributed by atoms with E-state index in [4.69, 9.17) is 23.7 Å². The van der Waals surface area contributed by atoms with Gasteiger partial charge in [0, 0.05) is 32.6 Å². The quantitative estimate of drug-likeness (QED) is 0.128. The molecular weight excluding hydrogens is 588 g/mol. The van der Waals surface area contributed by atoms with E-state index in [-0.39, 0.29) is 22.3 Å². The normalized spacial score (nSPS) is 11.2. The van der Waals surface area contributed by atoms with Gasteiger partial charge in [0.1, 0.15) is 23.0 Å². The zero-order chi connectivity index (χ0) is 32.2. The SMILES string of the molecule is COc1ccc2[nH]c3c(OC)cc(C(=O)OC(=O)c4cc(OC)c5[nH]c6ccc(OC)cc6c5c4C(=O)O)c(C(=O)O)c3c2c1. The number of hydrogen-bond donors (Lipinski definition) is 4. The molecule has 45 heavy (non-hydrogen) atoms. The van der Waals surface area contributed by atoms with Crippen molar-refractivity contribution in [2.24, 2.45) is 0 Å². The Morgan fingerprint density at radius 2 is 0.978 bits per heavy atom. The molecule has 0 radical (unpaired) electrons. The van der Waals surface area contributed by atoms with Crippen molar-refractivity contribution in [2.75, 3.05) is 28.4 Å². The number of aromatic amines is 2. The van der Waals surface area contributed by atoms with E-state index in [1.165, 1.54) is 28.4 Å². The third kappa shape index (κ3) is 4.49. The molecule has 228 valence electrons. The molecule has 4 N–H and O–H groups in total. The fourth-order valence-corrected chi connectivity index (χ4v) is 5.59. The largest absolute Gasteiger partial charge is 0.497 e. The van der Waals surface area contributed by atoms with Gasteiger partial charge in [-0.05, 0) is 48.5 Å². The molecule has 0 fully saturated rings. The summed E-state index contributed by atoms with van der Waals surface area (Å²) in [5, 5.41) is 21.6. The van der Waals surface area contributed by atoms with Crippen LogP contribution in [0.2, 0.25) is 0 Å². The van der Waals surface area contributed by atoms with Crippen LogP contribution in [0.4, 0.5) is 0 Å². The van der Waals surface area contributed by atoms with Crippen LogP contribution in [0, 0.1) is 0 Å². The van der Waals surface area contributed by atoms with Crippen LogP contribution in [0.25, 0.3) is 43.6 Å². The molecular formula is C32H24N2O11. The number of H-pyrrole nitrogens is 2. The van der Waals surface area contributed by atoms with Crippen LogP contribution in [0.3, 0.4) is 0 Å². The lowest BCUT2D eigenvalue weighted by atomic mass is 9.98. The van der Waals surface area contributed by atoms with E-state index in [1.54, 1.807) is 36.4 Å². The van der Waals surface area contributed by atoms with E-state index in [9.17, 15) is 29.4 Å². The number of aromatic carboxylic acids is 2. The standard InChI is InChI=1S/C32H24N2O11/c1-41-13-5-7-19-15(9-13)23-25(29(35)36)17(11-21(43-3)27(23)33-19)31(39)45-32(40)18-12-22(44-4)28-24(26(18)30(37)38)16-10-14(42-2)6-8-20(16)34-28/h5-12,33-34H,1-4H3,(H,35,36)(H,37,38). The first-order valence-electron chi connectivity index (χ1n) is 13.3. The lowest BCUT2D eigenvalue weighted by Crippen LogP contribution is -2.19. The fourth-order valence-electron chi connectivity index (χ4n) is 5.59. The van der Waals surface area contributed by atoms with Gasteiger partial charge in [-0.1, -0.05) is 0 Å². The number of ether oxygens (including phenoxy) is 5. The van der Waals surface area contributed by atoms with Crippen molar-refractivity contribution in [1.29, 1.82) is 0 Å². The number of rotatable bonds is 8. The first-order chi connectivity index (χ1) is 21.6. The molecule has 0 aliphatic heterocycles. The van der Waals surface area contributed by atoms with E-state index in [2.05, 4.69) is 9.97 Å². The highest BCUT2D eigenvalue weighted by atomic mass is 16.6. The number of carboxylic acids is 2. The Hall–Kier alpha value is -6.24. The van der Waals surface area contributed by atoms with Crippen LogP contribution in [0.15, 0.2) is 48.5 Å². The Morgan fingerprint density at radius 3 is 1.31 bits per heavy atom. The van der Waals surface area contributed by atoms with Crippen molar-refractivity contribution in [3.63, 3.8) is 0 Å². The number of esters is 2. The summed E-state index contributed by atoms with van der Waals surface area (Å²) in [6, 6.07) is 12.2. The van der Waals surface area contributed by atoms with Gasteiger partial charge in [0.25, 0.3) is 0 Å². The minimum atomic E-state index is -1.48. The number of fused-ring (bicyclic) bond motifs is 6. The smallest absolute Gasteiger partial charge is 0.347 e. The van der Waals surface area contributed by atoms with Crippen LogP contribution < -0.4 is 18.9 Å². The summed E-state index contributed by atoms with van der Waals surface area (Å²) in [4.78, 5) is 58.6. The Bertz CT molecular complexity index is 2090. The van der Waals surface area contributed by atoms with Gasteiger partial charge in [-0.3, -0.25) is 0 Å². The van der Waals surface area contributed by atoms with Gasteiger partial charge >= 0.3 is 23.9 Å². The topological polar surface area (TPSA) is 186 Å². The number of aromatic nitrogens is 2. The van der Waals surface area contributed by atoms with Crippen molar-refractivity contribution in [1.82, 2.24) is 9.97 Å². The predicted molar refractivity (Wildman–Crippen MR) is 161 cm³/mol. The van der Waals surface area contributed by atoms with Gasteiger partial charge < -0.3 is 43.9 Å². The summed E-state index contributed by atoms with van der Waals surface area (Å²) in [6.45, 7) is 0. The molecule has 6 rings (SSSR count).